The fourth-order valence-electron chi connectivity index (χ4n) is 4.07. The van der Waals surface area contributed by atoms with Crippen LogP contribution in [-0.2, 0) is 0 Å². The molecule has 1 aliphatic carbocycles. The van der Waals surface area contributed by atoms with Crippen molar-refractivity contribution in [2.75, 3.05) is 45.8 Å². The number of nitrogens with zero attached hydrogens (tertiary/aromatic N) is 3. The fraction of sp³-hybridized carbons (Fsp3) is 0.947. The molecule has 1 aliphatic heterocycles. The zero-order valence-corrected chi connectivity index (χ0v) is 16.2. The molecule has 140 valence electrons. The highest BCUT2D eigenvalue weighted by Crippen LogP contribution is 2.26. The molecule has 2 rings (SSSR count). The summed E-state index contributed by atoms with van der Waals surface area (Å²) in [7, 11) is 0. The quantitative estimate of drug-likeness (QED) is 0.500. The molecule has 1 saturated carbocycles. The van der Waals surface area contributed by atoms with Gasteiger partial charge in [0, 0.05) is 38.3 Å². The average molecular weight is 338 g/mol. The van der Waals surface area contributed by atoms with E-state index < -0.39 is 0 Å². The molecule has 2 fully saturated rings. The molecular weight excluding hydrogens is 298 g/mol. The minimum absolute atomic E-state index is 0.557. The summed E-state index contributed by atoms with van der Waals surface area (Å²) in [6.07, 6.45) is 8.13. The van der Waals surface area contributed by atoms with Crippen LogP contribution >= 0.6 is 0 Å². The standard InChI is InChI=1S/C19H39N5/c1-4-13-23(6-3)15-12-21-19(20-5-2)22-17-11-14-24(16-17)18-9-7-8-10-18/h17-18H,4-16H2,1-3H3,(H2,20,21,22). The Kier molecular flexibility index (Phi) is 8.89. The molecule has 0 radical (unpaired) electrons. The third-order valence-corrected chi connectivity index (χ3v) is 5.42. The van der Waals surface area contributed by atoms with Crippen molar-refractivity contribution >= 4 is 5.96 Å². The first-order chi connectivity index (χ1) is 11.8. The van der Waals surface area contributed by atoms with Crippen LogP contribution < -0.4 is 10.6 Å². The van der Waals surface area contributed by atoms with Gasteiger partial charge < -0.3 is 15.5 Å². The van der Waals surface area contributed by atoms with E-state index in [1.165, 1.54) is 58.2 Å². The molecule has 0 aromatic rings. The predicted octanol–water partition coefficient (Wildman–Crippen LogP) is 2.29. The molecule has 2 N–H and O–H groups in total. The maximum absolute atomic E-state index is 4.80. The third kappa shape index (κ3) is 6.25. The monoisotopic (exact) mass is 337 g/mol. The number of guanidine groups is 1. The Bertz CT molecular complexity index is 365. The van der Waals surface area contributed by atoms with Crippen molar-refractivity contribution in [1.82, 2.24) is 20.4 Å². The van der Waals surface area contributed by atoms with Crippen LogP contribution in [-0.4, -0.2) is 73.7 Å². The Morgan fingerprint density at radius 2 is 1.92 bits per heavy atom. The number of hydrogen-bond acceptors (Lipinski definition) is 3. The van der Waals surface area contributed by atoms with Crippen LogP contribution in [0.5, 0.6) is 0 Å². The van der Waals surface area contributed by atoms with Crippen molar-refractivity contribution in [1.29, 1.82) is 0 Å². The van der Waals surface area contributed by atoms with Crippen LogP contribution in [0.4, 0.5) is 0 Å². The molecule has 24 heavy (non-hydrogen) atoms. The van der Waals surface area contributed by atoms with Crippen LogP contribution in [0.25, 0.3) is 0 Å². The van der Waals surface area contributed by atoms with E-state index >= 15 is 0 Å². The second-order valence-corrected chi connectivity index (χ2v) is 7.26. The van der Waals surface area contributed by atoms with Gasteiger partial charge in [0.05, 0.1) is 6.54 Å². The van der Waals surface area contributed by atoms with Crippen molar-refractivity contribution < 1.29 is 0 Å². The van der Waals surface area contributed by atoms with Gasteiger partial charge in [-0.2, -0.15) is 0 Å². The van der Waals surface area contributed by atoms with E-state index in [2.05, 4.69) is 41.2 Å². The van der Waals surface area contributed by atoms with E-state index in [0.29, 0.717) is 6.04 Å². The molecule has 2 aliphatic rings. The highest BCUT2D eigenvalue weighted by molar-refractivity contribution is 5.80. The van der Waals surface area contributed by atoms with Gasteiger partial charge in [-0.3, -0.25) is 9.89 Å². The van der Waals surface area contributed by atoms with Gasteiger partial charge in [-0.05, 0) is 45.7 Å². The van der Waals surface area contributed by atoms with Crippen molar-refractivity contribution in [2.24, 2.45) is 4.99 Å². The lowest BCUT2D eigenvalue weighted by molar-refractivity contribution is 0.242. The topological polar surface area (TPSA) is 42.9 Å². The summed E-state index contributed by atoms with van der Waals surface area (Å²) in [6, 6.07) is 1.41. The Labute approximate surface area is 149 Å². The Balaban J connectivity index is 1.76. The summed E-state index contributed by atoms with van der Waals surface area (Å²) in [5.41, 5.74) is 0. The lowest BCUT2D eigenvalue weighted by Crippen LogP contribution is -2.45. The molecule has 0 aromatic carbocycles. The number of hydrogen-bond donors (Lipinski definition) is 2. The maximum Gasteiger partial charge on any atom is 0.191 e. The minimum atomic E-state index is 0.557. The second kappa shape index (κ2) is 10.9. The van der Waals surface area contributed by atoms with Gasteiger partial charge >= 0.3 is 0 Å². The molecule has 0 bridgehead atoms. The van der Waals surface area contributed by atoms with Crippen LogP contribution in [0.3, 0.4) is 0 Å². The first kappa shape index (κ1) is 19.5. The SMILES string of the molecule is CCCN(CC)CCN=C(NCC)NC1CCN(C2CCCC2)C1. The summed E-state index contributed by atoms with van der Waals surface area (Å²) < 4.78 is 0. The first-order valence-corrected chi connectivity index (χ1v) is 10.3. The molecule has 5 heteroatoms. The number of rotatable bonds is 9. The third-order valence-electron chi connectivity index (χ3n) is 5.42. The maximum atomic E-state index is 4.80. The van der Waals surface area contributed by atoms with E-state index in [1.54, 1.807) is 0 Å². The van der Waals surface area contributed by atoms with Crippen LogP contribution in [0, 0.1) is 0 Å². The lowest BCUT2D eigenvalue weighted by atomic mass is 10.2. The van der Waals surface area contributed by atoms with Crippen molar-refractivity contribution in [3.8, 4) is 0 Å². The van der Waals surface area contributed by atoms with Gasteiger partial charge in [0.25, 0.3) is 0 Å². The molecule has 1 saturated heterocycles. The molecule has 1 heterocycles. The van der Waals surface area contributed by atoms with E-state index in [1.807, 2.05) is 0 Å². The molecule has 1 unspecified atom stereocenters. The fourth-order valence-corrected chi connectivity index (χ4v) is 4.07. The normalized spacial score (nSPS) is 23.3. The van der Waals surface area contributed by atoms with E-state index in [-0.39, 0.29) is 0 Å². The zero-order valence-electron chi connectivity index (χ0n) is 16.2. The van der Waals surface area contributed by atoms with Crippen molar-refractivity contribution in [3.63, 3.8) is 0 Å². The van der Waals surface area contributed by atoms with E-state index in [0.717, 1.165) is 38.2 Å². The van der Waals surface area contributed by atoms with Gasteiger partial charge in [-0.15, -0.1) is 0 Å². The zero-order chi connectivity index (χ0) is 17.2. The minimum Gasteiger partial charge on any atom is -0.357 e. The molecule has 0 spiro atoms. The summed E-state index contributed by atoms with van der Waals surface area (Å²) in [4.78, 5) is 9.98. The van der Waals surface area contributed by atoms with Gasteiger partial charge in [-0.1, -0.05) is 26.7 Å². The summed E-state index contributed by atoms with van der Waals surface area (Å²) in [5, 5.41) is 7.09. The first-order valence-electron chi connectivity index (χ1n) is 10.3. The average Bonchev–Trinajstić information content (AvgIpc) is 3.25. The van der Waals surface area contributed by atoms with Gasteiger partial charge in [0.1, 0.15) is 0 Å². The Morgan fingerprint density at radius 3 is 2.58 bits per heavy atom. The molecular formula is C19H39N5. The predicted molar refractivity (Wildman–Crippen MR) is 104 cm³/mol. The number of nitrogens with one attached hydrogen (secondary N) is 2. The number of likely N-dealkylation sites (tertiary alicyclic amines) is 1. The van der Waals surface area contributed by atoms with Crippen molar-refractivity contribution in [3.05, 3.63) is 0 Å². The molecule has 1 atom stereocenters. The van der Waals surface area contributed by atoms with Crippen LogP contribution in [0.1, 0.15) is 59.3 Å². The highest BCUT2D eigenvalue weighted by atomic mass is 15.3. The largest absolute Gasteiger partial charge is 0.357 e. The highest BCUT2D eigenvalue weighted by Gasteiger charge is 2.30. The Hall–Kier alpha value is -0.810. The summed E-state index contributed by atoms with van der Waals surface area (Å²) in [5.74, 6) is 1.00. The summed E-state index contributed by atoms with van der Waals surface area (Å²) in [6.45, 7) is 14.2. The Morgan fingerprint density at radius 1 is 1.12 bits per heavy atom. The second-order valence-electron chi connectivity index (χ2n) is 7.26. The summed E-state index contributed by atoms with van der Waals surface area (Å²) >= 11 is 0. The number of likely N-dealkylation sites (N-methyl/N-ethyl adjacent to an activating group) is 1. The van der Waals surface area contributed by atoms with Gasteiger partial charge in [0.2, 0.25) is 0 Å². The van der Waals surface area contributed by atoms with E-state index in [4.69, 9.17) is 4.99 Å². The molecule has 0 aromatic heterocycles. The number of aliphatic imine (C=N–C) groups is 1. The van der Waals surface area contributed by atoms with Crippen molar-refractivity contribution in [2.45, 2.75) is 71.4 Å². The van der Waals surface area contributed by atoms with Crippen LogP contribution in [0.15, 0.2) is 4.99 Å². The van der Waals surface area contributed by atoms with Gasteiger partial charge in [-0.25, -0.2) is 0 Å². The van der Waals surface area contributed by atoms with Gasteiger partial charge in [0.15, 0.2) is 5.96 Å². The molecule has 5 nitrogen and oxygen atoms in total. The smallest absolute Gasteiger partial charge is 0.191 e. The lowest BCUT2D eigenvalue weighted by Gasteiger charge is -2.24. The van der Waals surface area contributed by atoms with E-state index in [9.17, 15) is 0 Å². The molecule has 0 amide bonds. The van der Waals surface area contributed by atoms with Crippen LogP contribution in [0.2, 0.25) is 0 Å².